The number of ether oxygens (including phenoxy) is 1. The quantitative estimate of drug-likeness (QED) is 0.854. The third-order valence-corrected chi connectivity index (χ3v) is 2.92. The summed E-state index contributed by atoms with van der Waals surface area (Å²) >= 11 is 3.42. The lowest BCUT2D eigenvalue weighted by molar-refractivity contribution is -0.142. The van der Waals surface area contributed by atoms with Crippen LogP contribution in [0.4, 0.5) is 0 Å². The molecule has 0 aliphatic carbocycles. The minimum Gasteiger partial charge on any atom is -0.468 e. The first-order chi connectivity index (χ1) is 7.04. The summed E-state index contributed by atoms with van der Waals surface area (Å²) in [6.07, 6.45) is 0.481. The van der Waals surface area contributed by atoms with Crippen molar-refractivity contribution in [3.8, 4) is 0 Å². The summed E-state index contributed by atoms with van der Waals surface area (Å²) in [6, 6.07) is 5.35. The van der Waals surface area contributed by atoms with Gasteiger partial charge in [0.1, 0.15) is 6.04 Å². The number of rotatable bonds is 3. The standard InChI is InChI=1S/C11H14BrNO2/c1-7-3-4-9(12)8(5-7)6-10(13)11(14)15-2/h3-5,10H,6,13H2,1-2H3/t10-/m0/s1. The zero-order valence-corrected chi connectivity index (χ0v) is 10.4. The van der Waals surface area contributed by atoms with Crippen LogP contribution in [-0.2, 0) is 16.0 Å². The number of carbonyl (C=O) groups is 1. The van der Waals surface area contributed by atoms with Gasteiger partial charge in [0.2, 0.25) is 0 Å². The van der Waals surface area contributed by atoms with Gasteiger partial charge in [0.05, 0.1) is 7.11 Å². The number of aryl methyl sites for hydroxylation is 1. The van der Waals surface area contributed by atoms with E-state index in [1.165, 1.54) is 7.11 Å². The molecule has 0 unspecified atom stereocenters. The summed E-state index contributed by atoms with van der Waals surface area (Å²) in [4.78, 5) is 11.1. The Morgan fingerprint density at radius 1 is 1.60 bits per heavy atom. The van der Waals surface area contributed by atoms with Crippen LogP contribution in [0.15, 0.2) is 22.7 Å². The van der Waals surface area contributed by atoms with Crippen molar-refractivity contribution in [3.63, 3.8) is 0 Å². The Bertz CT molecular complexity index is 366. The van der Waals surface area contributed by atoms with E-state index in [4.69, 9.17) is 5.73 Å². The van der Waals surface area contributed by atoms with Gasteiger partial charge in [-0.2, -0.15) is 0 Å². The number of benzene rings is 1. The van der Waals surface area contributed by atoms with Crippen molar-refractivity contribution in [3.05, 3.63) is 33.8 Å². The zero-order chi connectivity index (χ0) is 11.4. The normalized spacial score (nSPS) is 12.3. The summed E-state index contributed by atoms with van der Waals surface area (Å²) in [5.74, 6) is -0.386. The van der Waals surface area contributed by atoms with Gasteiger partial charge in [-0.05, 0) is 25.0 Å². The minimum absolute atomic E-state index is 0.386. The molecule has 0 fully saturated rings. The van der Waals surface area contributed by atoms with Gasteiger partial charge in [-0.15, -0.1) is 0 Å². The van der Waals surface area contributed by atoms with Gasteiger partial charge in [-0.25, -0.2) is 0 Å². The molecule has 0 amide bonds. The Morgan fingerprint density at radius 2 is 2.27 bits per heavy atom. The van der Waals surface area contributed by atoms with Gasteiger partial charge >= 0.3 is 5.97 Å². The lowest BCUT2D eigenvalue weighted by atomic mass is 10.0. The maximum absolute atomic E-state index is 11.1. The molecule has 0 aliphatic heterocycles. The first kappa shape index (κ1) is 12.2. The molecule has 1 aromatic rings. The van der Waals surface area contributed by atoms with Crippen molar-refractivity contribution in [1.29, 1.82) is 0 Å². The number of hydrogen-bond acceptors (Lipinski definition) is 3. The van der Waals surface area contributed by atoms with Gasteiger partial charge in [-0.1, -0.05) is 33.6 Å². The lowest BCUT2D eigenvalue weighted by Crippen LogP contribution is -2.33. The van der Waals surface area contributed by atoms with Crippen LogP contribution in [0.5, 0.6) is 0 Å². The molecule has 4 heteroatoms. The monoisotopic (exact) mass is 271 g/mol. The van der Waals surface area contributed by atoms with E-state index >= 15 is 0 Å². The summed E-state index contributed by atoms with van der Waals surface area (Å²) < 4.78 is 5.54. The molecular weight excluding hydrogens is 258 g/mol. The average molecular weight is 272 g/mol. The fourth-order valence-electron chi connectivity index (χ4n) is 1.33. The van der Waals surface area contributed by atoms with E-state index < -0.39 is 6.04 Å². The van der Waals surface area contributed by atoms with E-state index in [1.807, 2.05) is 25.1 Å². The highest BCUT2D eigenvalue weighted by atomic mass is 79.9. The molecule has 0 radical (unpaired) electrons. The van der Waals surface area contributed by atoms with Crippen LogP contribution in [-0.4, -0.2) is 19.1 Å². The van der Waals surface area contributed by atoms with Crippen LogP contribution in [0.25, 0.3) is 0 Å². The number of esters is 1. The molecule has 0 aromatic heterocycles. The molecular formula is C11H14BrNO2. The van der Waals surface area contributed by atoms with Crippen molar-refractivity contribution in [2.75, 3.05) is 7.11 Å². The molecule has 0 spiro atoms. The second-order valence-electron chi connectivity index (χ2n) is 3.43. The maximum atomic E-state index is 11.1. The Hall–Kier alpha value is -0.870. The van der Waals surface area contributed by atoms with Gasteiger partial charge < -0.3 is 10.5 Å². The van der Waals surface area contributed by atoms with Crippen LogP contribution >= 0.6 is 15.9 Å². The SMILES string of the molecule is COC(=O)[C@@H](N)Cc1cc(C)ccc1Br. The fraction of sp³-hybridized carbons (Fsp3) is 0.364. The Kier molecular flexibility index (Phi) is 4.29. The lowest BCUT2D eigenvalue weighted by Gasteiger charge is -2.11. The fourth-order valence-corrected chi connectivity index (χ4v) is 1.74. The average Bonchev–Trinajstić information content (AvgIpc) is 2.22. The van der Waals surface area contributed by atoms with Crippen molar-refractivity contribution in [2.45, 2.75) is 19.4 Å². The van der Waals surface area contributed by atoms with Crippen LogP contribution in [0.3, 0.4) is 0 Å². The van der Waals surface area contributed by atoms with E-state index in [0.29, 0.717) is 6.42 Å². The summed E-state index contributed by atoms with van der Waals surface area (Å²) in [5.41, 5.74) is 7.85. The molecule has 82 valence electrons. The summed E-state index contributed by atoms with van der Waals surface area (Å²) in [6.45, 7) is 2.00. The van der Waals surface area contributed by atoms with Crippen molar-refractivity contribution >= 4 is 21.9 Å². The third-order valence-electron chi connectivity index (χ3n) is 2.14. The zero-order valence-electron chi connectivity index (χ0n) is 8.79. The summed E-state index contributed by atoms with van der Waals surface area (Å²) in [5, 5.41) is 0. The van der Waals surface area contributed by atoms with Gasteiger partial charge in [0.25, 0.3) is 0 Å². The second kappa shape index (κ2) is 5.28. The van der Waals surface area contributed by atoms with Gasteiger partial charge in [0, 0.05) is 4.47 Å². The second-order valence-corrected chi connectivity index (χ2v) is 4.28. The molecule has 0 aliphatic rings. The topological polar surface area (TPSA) is 52.3 Å². The van der Waals surface area contributed by atoms with Crippen LogP contribution in [0.1, 0.15) is 11.1 Å². The molecule has 0 heterocycles. The third kappa shape index (κ3) is 3.32. The predicted octanol–water partition coefficient (Wildman–Crippen LogP) is 1.80. The van der Waals surface area contributed by atoms with Crippen molar-refractivity contribution in [1.82, 2.24) is 0 Å². The Labute approximate surface area is 97.7 Å². The number of methoxy groups -OCH3 is 1. The molecule has 1 atom stereocenters. The first-order valence-corrected chi connectivity index (χ1v) is 5.42. The highest BCUT2D eigenvalue weighted by Crippen LogP contribution is 2.19. The molecule has 0 saturated carbocycles. The molecule has 15 heavy (non-hydrogen) atoms. The smallest absolute Gasteiger partial charge is 0.322 e. The first-order valence-electron chi connectivity index (χ1n) is 4.63. The van der Waals surface area contributed by atoms with E-state index in [0.717, 1.165) is 15.6 Å². The molecule has 2 N–H and O–H groups in total. The molecule has 1 rings (SSSR count). The predicted molar refractivity (Wildman–Crippen MR) is 62.6 cm³/mol. The maximum Gasteiger partial charge on any atom is 0.322 e. The largest absolute Gasteiger partial charge is 0.468 e. The van der Waals surface area contributed by atoms with Crippen molar-refractivity contribution < 1.29 is 9.53 Å². The van der Waals surface area contributed by atoms with Gasteiger partial charge in [0.15, 0.2) is 0 Å². The number of carbonyl (C=O) groups excluding carboxylic acids is 1. The molecule has 1 aromatic carbocycles. The minimum atomic E-state index is -0.604. The molecule has 0 bridgehead atoms. The Morgan fingerprint density at radius 3 is 2.87 bits per heavy atom. The highest BCUT2D eigenvalue weighted by molar-refractivity contribution is 9.10. The van der Waals surface area contributed by atoms with Crippen LogP contribution in [0, 0.1) is 6.92 Å². The van der Waals surface area contributed by atoms with Crippen LogP contribution < -0.4 is 5.73 Å². The highest BCUT2D eigenvalue weighted by Gasteiger charge is 2.15. The number of nitrogens with two attached hydrogens (primary N) is 1. The van der Waals surface area contributed by atoms with Crippen molar-refractivity contribution in [2.24, 2.45) is 5.73 Å². The van der Waals surface area contributed by atoms with E-state index in [-0.39, 0.29) is 5.97 Å². The van der Waals surface area contributed by atoms with E-state index in [1.54, 1.807) is 0 Å². The van der Waals surface area contributed by atoms with E-state index in [9.17, 15) is 4.79 Å². The Balaban J connectivity index is 2.80. The van der Waals surface area contributed by atoms with Gasteiger partial charge in [-0.3, -0.25) is 4.79 Å². The van der Waals surface area contributed by atoms with E-state index in [2.05, 4.69) is 20.7 Å². The molecule has 3 nitrogen and oxygen atoms in total. The van der Waals surface area contributed by atoms with Crippen LogP contribution in [0.2, 0.25) is 0 Å². The number of halogens is 1. The number of hydrogen-bond donors (Lipinski definition) is 1. The molecule has 0 saturated heterocycles. The summed E-state index contributed by atoms with van der Waals surface area (Å²) in [7, 11) is 1.34.